The summed E-state index contributed by atoms with van der Waals surface area (Å²) in [5.41, 5.74) is 0.156. The predicted octanol–water partition coefficient (Wildman–Crippen LogP) is 3.70. The first-order valence-corrected chi connectivity index (χ1v) is 7.17. The first kappa shape index (κ1) is 16.2. The fourth-order valence-electron chi connectivity index (χ4n) is 1.70. The van der Waals surface area contributed by atoms with Crippen molar-refractivity contribution in [2.45, 2.75) is 40.0 Å². The topological polar surface area (TPSA) is 52.1 Å². The van der Waals surface area contributed by atoms with Crippen LogP contribution in [0.25, 0.3) is 0 Å². The van der Waals surface area contributed by atoms with Gasteiger partial charge in [0.2, 0.25) is 0 Å². The molecule has 0 N–H and O–H groups in total. The standard InChI is InChI=1S/C11H12Cl2N2O2.C2H6/c1-2-17-10(16)11(3-4-11)5-7-9(13)15-8(12)6-14-7;1-2/h6H,2-5H2,1H3;1-2H3. The van der Waals surface area contributed by atoms with Gasteiger partial charge in [-0.1, -0.05) is 37.0 Å². The molecule has 2 rings (SSSR count). The molecule has 0 bridgehead atoms. The van der Waals surface area contributed by atoms with Gasteiger partial charge in [-0.25, -0.2) is 4.98 Å². The lowest BCUT2D eigenvalue weighted by atomic mass is 10.0. The van der Waals surface area contributed by atoms with Gasteiger partial charge < -0.3 is 4.74 Å². The number of carbonyl (C=O) groups is 1. The predicted molar refractivity (Wildman–Crippen MR) is 75.4 cm³/mol. The second kappa shape index (κ2) is 7.06. The van der Waals surface area contributed by atoms with E-state index in [1.165, 1.54) is 6.20 Å². The molecular formula is C13H18Cl2N2O2. The summed E-state index contributed by atoms with van der Waals surface area (Å²) in [5.74, 6) is -0.173. The molecule has 1 aliphatic rings. The van der Waals surface area contributed by atoms with Gasteiger partial charge in [-0.2, -0.15) is 0 Å². The number of ether oxygens (including phenoxy) is 1. The minimum Gasteiger partial charge on any atom is -0.466 e. The molecule has 106 valence electrons. The van der Waals surface area contributed by atoms with Crippen molar-refractivity contribution in [3.05, 3.63) is 22.2 Å². The molecular weight excluding hydrogens is 287 g/mol. The van der Waals surface area contributed by atoms with E-state index in [9.17, 15) is 4.79 Å². The average molecular weight is 305 g/mol. The first-order valence-electron chi connectivity index (χ1n) is 6.41. The minimum absolute atomic E-state index is 0.173. The summed E-state index contributed by atoms with van der Waals surface area (Å²) in [6.07, 6.45) is 3.53. The van der Waals surface area contributed by atoms with Gasteiger partial charge in [-0.05, 0) is 19.8 Å². The SMILES string of the molecule is CC.CCOC(=O)C1(Cc2ncc(Cl)nc2Cl)CC1. The van der Waals surface area contributed by atoms with Crippen molar-refractivity contribution in [3.63, 3.8) is 0 Å². The average Bonchev–Trinajstić information content (AvgIpc) is 3.17. The maximum atomic E-state index is 11.8. The number of hydrogen-bond donors (Lipinski definition) is 0. The zero-order chi connectivity index (χ0) is 14.5. The molecule has 4 nitrogen and oxygen atoms in total. The Morgan fingerprint density at radius 3 is 2.53 bits per heavy atom. The van der Waals surface area contributed by atoms with Gasteiger partial charge in [0.05, 0.1) is 23.9 Å². The quantitative estimate of drug-likeness (QED) is 0.796. The fourth-order valence-corrected chi connectivity index (χ4v) is 2.08. The van der Waals surface area contributed by atoms with Gasteiger partial charge in [0, 0.05) is 6.42 Å². The third-order valence-electron chi connectivity index (χ3n) is 2.84. The number of hydrogen-bond acceptors (Lipinski definition) is 4. The van der Waals surface area contributed by atoms with Crippen molar-refractivity contribution in [2.75, 3.05) is 6.61 Å². The van der Waals surface area contributed by atoms with Crippen molar-refractivity contribution in [1.82, 2.24) is 9.97 Å². The van der Waals surface area contributed by atoms with E-state index >= 15 is 0 Å². The highest BCUT2D eigenvalue weighted by Gasteiger charge is 2.51. The van der Waals surface area contributed by atoms with E-state index < -0.39 is 5.41 Å². The molecule has 19 heavy (non-hydrogen) atoms. The Hall–Kier alpha value is -0.870. The highest BCUT2D eigenvalue weighted by Crippen LogP contribution is 2.49. The zero-order valence-corrected chi connectivity index (χ0v) is 12.9. The van der Waals surface area contributed by atoms with Crippen molar-refractivity contribution < 1.29 is 9.53 Å². The Morgan fingerprint density at radius 1 is 1.42 bits per heavy atom. The van der Waals surface area contributed by atoms with E-state index in [1.54, 1.807) is 6.92 Å². The molecule has 0 amide bonds. The van der Waals surface area contributed by atoms with Crippen molar-refractivity contribution in [3.8, 4) is 0 Å². The van der Waals surface area contributed by atoms with Crippen LogP contribution in [0.1, 0.15) is 39.3 Å². The molecule has 1 fully saturated rings. The van der Waals surface area contributed by atoms with Gasteiger partial charge >= 0.3 is 5.97 Å². The Labute approximate surface area is 123 Å². The summed E-state index contributed by atoms with van der Waals surface area (Å²) >= 11 is 11.6. The summed E-state index contributed by atoms with van der Waals surface area (Å²) in [4.78, 5) is 19.8. The second-order valence-corrected chi connectivity index (χ2v) is 4.85. The lowest BCUT2D eigenvalue weighted by Crippen LogP contribution is -2.22. The smallest absolute Gasteiger partial charge is 0.312 e. The Morgan fingerprint density at radius 2 is 2.05 bits per heavy atom. The molecule has 0 atom stereocenters. The Kier molecular flexibility index (Phi) is 6.01. The summed E-state index contributed by atoms with van der Waals surface area (Å²) < 4.78 is 5.05. The van der Waals surface area contributed by atoms with Crippen LogP contribution < -0.4 is 0 Å². The monoisotopic (exact) mass is 304 g/mol. The van der Waals surface area contributed by atoms with E-state index in [2.05, 4.69) is 9.97 Å². The number of esters is 1. The molecule has 0 saturated heterocycles. The van der Waals surface area contributed by atoms with Crippen LogP contribution in [-0.4, -0.2) is 22.5 Å². The van der Waals surface area contributed by atoms with Gasteiger partial charge in [-0.15, -0.1) is 0 Å². The largest absolute Gasteiger partial charge is 0.466 e. The zero-order valence-electron chi connectivity index (χ0n) is 11.4. The number of aromatic nitrogens is 2. The molecule has 0 spiro atoms. The van der Waals surface area contributed by atoms with Crippen LogP contribution in [0.5, 0.6) is 0 Å². The normalized spacial score (nSPS) is 15.2. The Bertz CT molecular complexity index is 448. The van der Waals surface area contributed by atoms with Crippen LogP contribution in [0.3, 0.4) is 0 Å². The highest BCUT2D eigenvalue weighted by molar-refractivity contribution is 6.32. The fraction of sp³-hybridized carbons (Fsp3) is 0.615. The lowest BCUT2D eigenvalue weighted by Gasteiger charge is -2.13. The molecule has 1 aliphatic carbocycles. The van der Waals surface area contributed by atoms with E-state index in [4.69, 9.17) is 27.9 Å². The molecule has 0 radical (unpaired) electrons. The molecule has 6 heteroatoms. The van der Waals surface area contributed by atoms with Gasteiger partial charge in [0.15, 0.2) is 5.15 Å². The van der Waals surface area contributed by atoms with Crippen molar-refractivity contribution >= 4 is 29.2 Å². The van der Waals surface area contributed by atoms with Gasteiger partial charge in [0.1, 0.15) is 5.15 Å². The van der Waals surface area contributed by atoms with E-state index in [1.807, 2.05) is 13.8 Å². The first-order chi connectivity index (χ1) is 9.07. The minimum atomic E-state index is -0.442. The molecule has 1 saturated carbocycles. The van der Waals surface area contributed by atoms with Crippen LogP contribution in [0.2, 0.25) is 10.3 Å². The molecule has 0 aromatic carbocycles. The van der Waals surface area contributed by atoms with Crippen LogP contribution in [-0.2, 0) is 16.0 Å². The number of halogens is 2. The summed E-state index contributed by atoms with van der Waals surface area (Å²) in [6.45, 7) is 6.18. The Balaban J connectivity index is 0.000000861. The number of carbonyl (C=O) groups excluding carboxylic acids is 1. The maximum absolute atomic E-state index is 11.8. The van der Waals surface area contributed by atoms with Gasteiger partial charge in [-0.3, -0.25) is 9.78 Å². The molecule has 0 unspecified atom stereocenters. The van der Waals surface area contributed by atoms with Crippen LogP contribution in [0.4, 0.5) is 0 Å². The van der Waals surface area contributed by atoms with Crippen molar-refractivity contribution in [2.24, 2.45) is 5.41 Å². The lowest BCUT2D eigenvalue weighted by molar-refractivity contribution is -0.149. The van der Waals surface area contributed by atoms with E-state index in [0.29, 0.717) is 18.7 Å². The third kappa shape index (κ3) is 4.05. The van der Waals surface area contributed by atoms with Crippen LogP contribution >= 0.6 is 23.2 Å². The summed E-state index contributed by atoms with van der Waals surface area (Å²) in [6, 6.07) is 0. The van der Waals surface area contributed by atoms with Crippen molar-refractivity contribution in [1.29, 1.82) is 0 Å². The molecule has 0 aliphatic heterocycles. The van der Waals surface area contributed by atoms with Crippen LogP contribution in [0.15, 0.2) is 6.20 Å². The summed E-state index contributed by atoms with van der Waals surface area (Å²) in [5, 5.41) is 0.507. The number of nitrogens with zero attached hydrogens (tertiary/aromatic N) is 2. The molecule has 1 aromatic rings. The maximum Gasteiger partial charge on any atom is 0.312 e. The van der Waals surface area contributed by atoms with Gasteiger partial charge in [0.25, 0.3) is 0 Å². The number of rotatable bonds is 4. The molecule has 1 heterocycles. The highest BCUT2D eigenvalue weighted by atomic mass is 35.5. The third-order valence-corrected chi connectivity index (χ3v) is 3.32. The molecule has 1 aromatic heterocycles. The van der Waals surface area contributed by atoms with E-state index in [0.717, 1.165) is 12.8 Å². The summed E-state index contributed by atoms with van der Waals surface area (Å²) in [7, 11) is 0. The second-order valence-electron chi connectivity index (χ2n) is 4.11. The van der Waals surface area contributed by atoms with E-state index in [-0.39, 0.29) is 16.3 Å². The van der Waals surface area contributed by atoms with Crippen LogP contribution in [0, 0.1) is 5.41 Å².